The zero-order valence-electron chi connectivity index (χ0n) is 12.2. The Morgan fingerprint density at radius 3 is 2.76 bits per heavy atom. The normalized spacial score (nSPS) is 10.7. The SMILES string of the molecule is CC(C)Oc1cc(NCc2nccn2C)cc([N+](=O)[O-])c1. The number of benzene rings is 1. The van der Waals surface area contributed by atoms with Crippen LogP contribution in [0.25, 0.3) is 0 Å². The molecule has 1 heterocycles. The van der Waals surface area contributed by atoms with E-state index in [1.807, 2.05) is 31.7 Å². The zero-order chi connectivity index (χ0) is 15.4. The first-order chi connectivity index (χ1) is 9.95. The van der Waals surface area contributed by atoms with Gasteiger partial charge in [-0.1, -0.05) is 0 Å². The first-order valence-electron chi connectivity index (χ1n) is 6.62. The number of imidazole rings is 1. The van der Waals surface area contributed by atoms with Crippen LogP contribution in [0.2, 0.25) is 0 Å². The molecule has 0 aliphatic heterocycles. The number of hydrogen-bond donors (Lipinski definition) is 1. The fourth-order valence-corrected chi connectivity index (χ4v) is 1.88. The molecular formula is C14H18N4O3. The third-order valence-electron chi connectivity index (χ3n) is 2.85. The fraction of sp³-hybridized carbons (Fsp3) is 0.357. The van der Waals surface area contributed by atoms with Gasteiger partial charge in [-0.05, 0) is 13.8 Å². The summed E-state index contributed by atoms with van der Waals surface area (Å²) in [6.45, 7) is 4.23. The molecule has 1 aromatic heterocycles. The number of anilines is 1. The van der Waals surface area contributed by atoms with Gasteiger partial charge in [0.25, 0.3) is 5.69 Å². The van der Waals surface area contributed by atoms with Gasteiger partial charge in [-0.3, -0.25) is 10.1 Å². The summed E-state index contributed by atoms with van der Waals surface area (Å²) in [5.41, 5.74) is 0.623. The average molecular weight is 290 g/mol. The van der Waals surface area contributed by atoms with E-state index in [0.29, 0.717) is 18.0 Å². The van der Waals surface area contributed by atoms with E-state index in [9.17, 15) is 10.1 Å². The van der Waals surface area contributed by atoms with Gasteiger partial charge in [0.15, 0.2) is 0 Å². The molecular weight excluding hydrogens is 272 g/mol. The maximum atomic E-state index is 11.0. The molecule has 0 aliphatic carbocycles. The second-order valence-corrected chi connectivity index (χ2v) is 4.95. The third kappa shape index (κ3) is 3.95. The maximum Gasteiger partial charge on any atom is 0.275 e. The Hall–Kier alpha value is -2.57. The summed E-state index contributed by atoms with van der Waals surface area (Å²) in [5.74, 6) is 1.31. The van der Waals surface area contributed by atoms with Gasteiger partial charge in [-0.15, -0.1) is 0 Å². The minimum atomic E-state index is -0.431. The molecule has 112 valence electrons. The van der Waals surface area contributed by atoms with Crippen LogP contribution in [0, 0.1) is 10.1 Å². The standard InChI is InChI=1S/C14H18N4O3/c1-10(2)21-13-7-11(6-12(8-13)18(19)20)16-9-14-15-4-5-17(14)3/h4-8,10,16H,9H2,1-3H3. The Labute approximate surface area is 122 Å². The minimum absolute atomic E-state index is 0.00418. The molecule has 21 heavy (non-hydrogen) atoms. The first kappa shape index (κ1) is 14.8. The largest absolute Gasteiger partial charge is 0.491 e. The number of rotatable bonds is 6. The Balaban J connectivity index is 2.19. The predicted octanol–water partition coefficient (Wildman–Crippen LogP) is 2.73. The van der Waals surface area contributed by atoms with Crippen LogP contribution in [0.5, 0.6) is 5.75 Å². The number of hydrogen-bond acceptors (Lipinski definition) is 5. The quantitative estimate of drug-likeness (QED) is 0.653. The van der Waals surface area contributed by atoms with Crippen molar-refractivity contribution < 1.29 is 9.66 Å². The van der Waals surface area contributed by atoms with Gasteiger partial charge in [-0.25, -0.2) is 4.98 Å². The van der Waals surface area contributed by atoms with Crippen molar-refractivity contribution in [2.45, 2.75) is 26.5 Å². The van der Waals surface area contributed by atoms with Gasteiger partial charge in [0.05, 0.1) is 23.6 Å². The minimum Gasteiger partial charge on any atom is -0.491 e. The molecule has 0 bridgehead atoms. The van der Waals surface area contributed by atoms with E-state index < -0.39 is 4.92 Å². The molecule has 0 fully saturated rings. The molecule has 0 radical (unpaired) electrons. The van der Waals surface area contributed by atoms with Gasteiger partial charge in [-0.2, -0.15) is 0 Å². The molecule has 0 spiro atoms. The van der Waals surface area contributed by atoms with Gasteiger partial charge < -0.3 is 14.6 Å². The van der Waals surface area contributed by atoms with Crippen molar-refractivity contribution >= 4 is 11.4 Å². The molecule has 1 aromatic carbocycles. The molecule has 0 atom stereocenters. The first-order valence-corrected chi connectivity index (χ1v) is 6.62. The molecule has 0 unspecified atom stereocenters. The Kier molecular flexibility index (Phi) is 4.42. The van der Waals surface area contributed by atoms with Crippen molar-refractivity contribution in [1.29, 1.82) is 0 Å². The van der Waals surface area contributed by atoms with Crippen molar-refractivity contribution in [2.75, 3.05) is 5.32 Å². The summed E-state index contributed by atoms with van der Waals surface area (Å²) in [4.78, 5) is 14.7. The fourth-order valence-electron chi connectivity index (χ4n) is 1.88. The Morgan fingerprint density at radius 2 is 2.19 bits per heavy atom. The maximum absolute atomic E-state index is 11.0. The topological polar surface area (TPSA) is 82.2 Å². The number of non-ortho nitro benzene ring substituents is 1. The monoisotopic (exact) mass is 290 g/mol. The summed E-state index contributed by atoms with van der Waals surface area (Å²) in [5, 5.41) is 14.1. The zero-order valence-corrected chi connectivity index (χ0v) is 12.2. The van der Waals surface area contributed by atoms with Crippen molar-refractivity contribution in [3.63, 3.8) is 0 Å². The summed E-state index contributed by atoms with van der Waals surface area (Å²) in [6, 6.07) is 4.65. The van der Waals surface area contributed by atoms with Gasteiger partial charge >= 0.3 is 0 Å². The number of nitrogens with zero attached hydrogens (tertiary/aromatic N) is 3. The molecule has 1 N–H and O–H groups in total. The molecule has 7 heteroatoms. The van der Waals surface area contributed by atoms with Gasteiger partial charge in [0.1, 0.15) is 11.6 Å². The van der Waals surface area contributed by atoms with Crippen molar-refractivity contribution in [1.82, 2.24) is 9.55 Å². The molecule has 0 amide bonds. The second-order valence-electron chi connectivity index (χ2n) is 4.95. The summed E-state index contributed by atoms with van der Waals surface area (Å²) < 4.78 is 7.43. The van der Waals surface area contributed by atoms with Crippen molar-refractivity contribution in [2.24, 2.45) is 7.05 Å². The lowest BCUT2D eigenvalue weighted by Gasteiger charge is -2.12. The van der Waals surface area contributed by atoms with Crippen LogP contribution in [0.4, 0.5) is 11.4 Å². The smallest absolute Gasteiger partial charge is 0.275 e. The van der Waals surface area contributed by atoms with Crippen molar-refractivity contribution in [3.05, 3.63) is 46.5 Å². The average Bonchev–Trinajstić information content (AvgIpc) is 2.81. The predicted molar refractivity (Wildman–Crippen MR) is 79.4 cm³/mol. The molecule has 7 nitrogen and oxygen atoms in total. The van der Waals surface area contributed by atoms with E-state index in [1.165, 1.54) is 12.1 Å². The van der Waals surface area contributed by atoms with Gasteiger partial charge in [0.2, 0.25) is 0 Å². The summed E-state index contributed by atoms with van der Waals surface area (Å²) >= 11 is 0. The van der Waals surface area contributed by atoms with Crippen LogP contribution < -0.4 is 10.1 Å². The third-order valence-corrected chi connectivity index (χ3v) is 2.85. The number of nitro benzene ring substituents is 1. The number of nitro groups is 1. The number of aromatic nitrogens is 2. The highest BCUT2D eigenvalue weighted by molar-refractivity contribution is 5.56. The summed E-state index contributed by atoms with van der Waals surface area (Å²) in [7, 11) is 1.89. The van der Waals surface area contributed by atoms with Crippen LogP contribution >= 0.6 is 0 Å². The van der Waals surface area contributed by atoms with Crippen LogP contribution in [0.1, 0.15) is 19.7 Å². The molecule has 2 rings (SSSR count). The molecule has 2 aromatic rings. The number of ether oxygens (including phenoxy) is 1. The number of nitrogens with one attached hydrogen (secondary N) is 1. The van der Waals surface area contributed by atoms with Crippen molar-refractivity contribution in [3.8, 4) is 5.75 Å². The van der Waals surface area contributed by atoms with Crippen LogP contribution in [0.15, 0.2) is 30.6 Å². The highest BCUT2D eigenvalue weighted by Gasteiger charge is 2.12. The lowest BCUT2D eigenvalue weighted by Crippen LogP contribution is -2.08. The van der Waals surface area contributed by atoms with E-state index in [4.69, 9.17) is 4.74 Å². The molecule has 0 saturated heterocycles. The summed E-state index contributed by atoms with van der Waals surface area (Å²) in [6.07, 6.45) is 3.50. The lowest BCUT2D eigenvalue weighted by atomic mass is 10.2. The molecule has 0 aliphatic rings. The van der Waals surface area contributed by atoms with Gasteiger partial charge in [0, 0.05) is 37.3 Å². The highest BCUT2D eigenvalue weighted by Crippen LogP contribution is 2.27. The Bertz CT molecular complexity index is 637. The molecule has 0 saturated carbocycles. The van der Waals surface area contributed by atoms with E-state index >= 15 is 0 Å². The van der Waals surface area contributed by atoms with E-state index in [1.54, 1.807) is 12.3 Å². The number of aryl methyl sites for hydroxylation is 1. The highest BCUT2D eigenvalue weighted by atomic mass is 16.6. The Morgan fingerprint density at radius 1 is 1.43 bits per heavy atom. The van der Waals surface area contributed by atoms with Crippen LogP contribution in [-0.2, 0) is 13.6 Å². The second kappa shape index (κ2) is 6.25. The van der Waals surface area contributed by atoms with Crippen LogP contribution in [-0.4, -0.2) is 20.6 Å². The van der Waals surface area contributed by atoms with Crippen LogP contribution in [0.3, 0.4) is 0 Å². The van der Waals surface area contributed by atoms with E-state index in [2.05, 4.69) is 10.3 Å². The van der Waals surface area contributed by atoms with E-state index in [0.717, 1.165) is 5.82 Å². The van der Waals surface area contributed by atoms with E-state index in [-0.39, 0.29) is 11.8 Å². The lowest BCUT2D eigenvalue weighted by molar-refractivity contribution is -0.384.